The van der Waals surface area contributed by atoms with Crippen LogP contribution in [0.2, 0.25) is 0 Å². The summed E-state index contributed by atoms with van der Waals surface area (Å²) in [5.41, 5.74) is 1.07. The number of benzene rings is 1. The number of aromatic nitrogens is 3. The SMILES string of the molecule is O=C(CSc1nnc(-c2ccco2)n1C[C@@H]1CCCO1)NCc1ccccc1. The van der Waals surface area contributed by atoms with Gasteiger partial charge in [0.15, 0.2) is 10.9 Å². The Morgan fingerprint density at radius 1 is 1.21 bits per heavy atom. The number of hydrogen-bond acceptors (Lipinski definition) is 6. The minimum atomic E-state index is -0.0416. The predicted molar refractivity (Wildman–Crippen MR) is 106 cm³/mol. The van der Waals surface area contributed by atoms with Gasteiger partial charge in [-0.25, -0.2) is 0 Å². The number of hydrogen-bond donors (Lipinski definition) is 1. The van der Waals surface area contributed by atoms with Crippen molar-refractivity contribution in [1.82, 2.24) is 20.1 Å². The van der Waals surface area contributed by atoms with E-state index < -0.39 is 0 Å². The van der Waals surface area contributed by atoms with Crippen molar-refractivity contribution in [2.75, 3.05) is 12.4 Å². The van der Waals surface area contributed by atoms with Crippen LogP contribution in [0.15, 0.2) is 58.3 Å². The summed E-state index contributed by atoms with van der Waals surface area (Å²) in [4.78, 5) is 12.2. The van der Waals surface area contributed by atoms with E-state index in [1.54, 1.807) is 6.26 Å². The van der Waals surface area contributed by atoms with Crippen molar-refractivity contribution >= 4 is 17.7 Å². The Hall–Kier alpha value is -2.58. The Bertz CT molecular complexity index is 890. The van der Waals surface area contributed by atoms with Crippen LogP contribution in [0.25, 0.3) is 11.6 Å². The molecule has 1 amide bonds. The van der Waals surface area contributed by atoms with Crippen LogP contribution in [-0.2, 0) is 22.6 Å². The highest BCUT2D eigenvalue weighted by Crippen LogP contribution is 2.26. The van der Waals surface area contributed by atoms with Gasteiger partial charge in [-0.1, -0.05) is 42.1 Å². The van der Waals surface area contributed by atoms with E-state index in [1.807, 2.05) is 47.0 Å². The number of carbonyl (C=O) groups excluding carboxylic acids is 1. The Balaban J connectivity index is 1.41. The number of rotatable bonds is 8. The first-order valence-corrected chi connectivity index (χ1v) is 10.3. The summed E-state index contributed by atoms with van der Waals surface area (Å²) in [6, 6.07) is 13.5. The van der Waals surface area contributed by atoms with Crippen LogP contribution in [0.3, 0.4) is 0 Å². The molecule has 28 heavy (non-hydrogen) atoms. The fourth-order valence-electron chi connectivity index (χ4n) is 3.12. The number of carbonyl (C=O) groups is 1. The molecule has 1 fully saturated rings. The Labute approximate surface area is 167 Å². The van der Waals surface area contributed by atoms with Gasteiger partial charge in [-0.3, -0.25) is 9.36 Å². The zero-order valence-electron chi connectivity index (χ0n) is 15.4. The first kappa shape index (κ1) is 18.8. The first-order chi connectivity index (χ1) is 13.8. The van der Waals surface area contributed by atoms with Gasteiger partial charge in [-0.15, -0.1) is 10.2 Å². The number of thioether (sulfide) groups is 1. The van der Waals surface area contributed by atoms with Crippen LogP contribution in [0.5, 0.6) is 0 Å². The lowest BCUT2D eigenvalue weighted by atomic mass is 10.2. The number of nitrogens with one attached hydrogen (secondary N) is 1. The van der Waals surface area contributed by atoms with Gasteiger partial charge in [-0.2, -0.15) is 0 Å². The molecule has 0 radical (unpaired) electrons. The molecule has 3 aromatic rings. The predicted octanol–water partition coefficient (Wildman–Crippen LogP) is 3.13. The molecule has 0 saturated carbocycles. The summed E-state index contributed by atoms with van der Waals surface area (Å²) in [5, 5.41) is 12.2. The van der Waals surface area contributed by atoms with Gasteiger partial charge < -0.3 is 14.5 Å². The number of nitrogens with zero attached hydrogens (tertiary/aromatic N) is 3. The highest BCUT2D eigenvalue weighted by atomic mass is 32.2. The van der Waals surface area contributed by atoms with Crippen molar-refractivity contribution < 1.29 is 13.9 Å². The molecule has 4 rings (SSSR count). The summed E-state index contributed by atoms with van der Waals surface area (Å²) in [6.45, 7) is 1.95. The molecule has 0 spiro atoms. The van der Waals surface area contributed by atoms with E-state index in [2.05, 4.69) is 15.5 Å². The third-order valence-corrected chi connectivity index (χ3v) is 5.50. The van der Waals surface area contributed by atoms with Crippen LogP contribution >= 0.6 is 11.8 Å². The second kappa shape index (κ2) is 9.07. The maximum Gasteiger partial charge on any atom is 0.230 e. The smallest absolute Gasteiger partial charge is 0.230 e. The zero-order valence-corrected chi connectivity index (χ0v) is 16.2. The van der Waals surface area contributed by atoms with Crippen molar-refractivity contribution in [2.45, 2.75) is 37.2 Å². The molecular weight excluding hydrogens is 376 g/mol. The minimum absolute atomic E-state index is 0.0416. The van der Waals surface area contributed by atoms with E-state index in [4.69, 9.17) is 9.15 Å². The highest BCUT2D eigenvalue weighted by Gasteiger charge is 2.23. The summed E-state index contributed by atoms with van der Waals surface area (Å²) in [5.74, 6) is 1.55. The summed E-state index contributed by atoms with van der Waals surface area (Å²) in [7, 11) is 0. The van der Waals surface area contributed by atoms with E-state index in [1.165, 1.54) is 11.8 Å². The lowest BCUT2D eigenvalue weighted by molar-refractivity contribution is -0.118. The van der Waals surface area contributed by atoms with Crippen molar-refractivity contribution in [3.63, 3.8) is 0 Å². The van der Waals surface area contributed by atoms with Crippen LogP contribution < -0.4 is 5.32 Å². The Kier molecular flexibility index (Phi) is 6.08. The fourth-order valence-corrected chi connectivity index (χ4v) is 3.90. The molecule has 1 atom stereocenters. The van der Waals surface area contributed by atoms with Gasteiger partial charge in [0.25, 0.3) is 0 Å². The van der Waals surface area contributed by atoms with Gasteiger partial charge in [-0.05, 0) is 30.5 Å². The average Bonchev–Trinajstić information content (AvgIpc) is 3.48. The molecule has 0 aliphatic carbocycles. The van der Waals surface area contributed by atoms with E-state index in [0.717, 1.165) is 25.0 Å². The van der Waals surface area contributed by atoms with E-state index >= 15 is 0 Å². The monoisotopic (exact) mass is 398 g/mol. The molecule has 8 heteroatoms. The van der Waals surface area contributed by atoms with Gasteiger partial charge in [0, 0.05) is 13.2 Å². The molecule has 2 aromatic heterocycles. The fraction of sp³-hybridized carbons (Fsp3) is 0.350. The lowest BCUT2D eigenvalue weighted by Gasteiger charge is -2.13. The topological polar surface area (TPSA) is 82.2 Å². The normalized spacial score (nSPS) is 16.4. The first-order valence-electron chi connectivity index (χ1n) is 9.31. The third kappa shape index (κ3) is 4.63. The quantitative estimate of drug-likeness (QED) is 0.587. The summed E-state index contributed by atoms with van der Waals surface area (Å²) >= 11 is 1.37. The number of ether oxygens (including phenoxy) is 1. The molecule has 3 heterocycles. The van der Waals surface area contributed by atoms with Crippen molar-refractivity contribution in [3.8, 4) is 11.6 Å². The minimum Gasteiger partial charge on any atom is -0.461 e. The van der Waals surface area contributed by atoms with Crippen LogP contribution in [-0.4, -0.2) is 39.1 Å². The molecule has 1 aromatic carbocycles. The van der Waals surface area contributed by atoms with Gasteiger partial charge in [0.2, 0.25) is 11.7 Å². The highest BCUT2D eigenvalue weighted by molar-refractivity contribution is 7.99. The molecule has 7 nitrogen and oxygen atoms in total. The van der Waals surface area contributed by atoms with Crippen LogP contribution in [0, 0.1) is 0 Å². The molecule has 0 bridgehead atoms. The molecule has 0 unspecified atom stereocenters. The van der Waals surface area contributed by atoms with Crippen LogP contribution in [0.1, 0.15) is 18.4 Å². The Morgan fingerprint density at radius 3 is 2.86 bits per heavy atom. The molecule has 1 saturated heterocycles. The standard InChI is InChI=1S/C20H22N4O3S/c25-18(21-12-15-6-2-1-3-7-15)14-28-20-23-22-19(17-9-5-11-27-17)24(20)13-16-8-4-10-26-16/h1-3,5-7,9,11,16H,4,8,10,12-14H2,(H,21,25)/t16-/m0/s1. The van der Waals surface area contributed by atoms with Gasteiger partial charge in [0.1, 0.15) is 0 Å². The zero-order chi connectivity index (χ0) is 19.2. The second-order valence-electron chi connectivity index (χ2n) is 6.58. The number of amides is 1. The van der Waals surface area contributed by atoms with E-state index in [9.17, 15) is 4.79 Å². The molecule has 1 aliphatic heterocycles. The molecule has 146 valence electrons. The Morgan fingerprint density at radius 2 is 2.11 bits per heavy atom. The molecule has 1 aliphatic rings. The molecular formula is C20H22N4O3S. The summed E-state index contributed by atoms with van der Waals surface area (Å²) < 4.78 is 13.3. The third-order valence-electron chi connectivity index (χ3n) is 4.53. The van der Waals surface area contributed by atoms with Gasteiger partial charge >= 0.3 is 0 Å². The second-order valence-corrected chi connectivity index (χ2v) is 7.52. The van der Waals surface area contributed by atoms with Crippen LogP contribution in [0.4, 0.5) is 0 Å². The maximum absolute atomic E-state index is 12.2. The largest absolute Gasteiger partial charge is 0.461 e. The lowest BCUT2D eigenvalue weighted by Crippen LogP contribution is -2.25. The maximum atomic E-state index is 12.2. The van der Waals surface area contributed by atoms with Crippen molar-refractivity contribution in [3.05, 3.63) is 54.3 Å². The summed E-state index contributed by atoms with van der Waals surface area (Å²) in [6.07, 6.45) is 3.82. The van der Waals surface area contributed by atoms with E-state index in [0.29, 0.717) is 29.8 Å². The molecule has 1 N–H and O–H groups in total. The average molecular weight is 398 g/mol. The number of furan rings is 1. The van der Waals surface area contributed by atoms with Crippen molar-refractivity contribution in [1.29, 1.82) is 0 Å². The van der Waals surface area contributed by atoms with Gasteiger partial charge in [0.05, 0.1) is 24.7 Å². The van der Waals surface area contributed by atoms with Crippen molar-refractivity contribution in [2.24, 2.45) is 0 Å². The van der Waals surface area contributed by atoms with E-state index in [-0.39, 0.29) is 17.8 Å².